The normalized spacial score (nSPS) is 19.3. The Morgan fingerprint density at radius 3 is 2.68 bits per heavy atom. The van der Waals surface area contributed by atoms with Crippen molar-refractivity contribution in [2.24, 2.45) is 10.4 Å². The zero-order valence-electron chi connectivity index (χ0n) is 16.5. The van der Waals surface area contributed by atoms with E-state index in [0.717, 1.165) is 43.1 Å². The van der Waals surface area contributed by atoms with Gasteiger partial charge in [0.25, 0.3) is 0 Å². The highest BCUT2D eigenvalue weighted by Crippen LogP contribution is 2.31. The van der Waals surface area contributed by atoms with Gasteiger partial charge >= 0.3 is 0 Å². The molecular formula is C21H30IN3O3. The number of halogens is 1. The molecule has 1 saturated heterocycles. The Bertz CT molecular complexity index is 792. The van der Waals surface area contributed by atoms with Gasteiger partial charge in [0.05, 0.1) is 13.7 Å². The van der Waals surface area contributed by atoms with Gasteiger partial charge in [0, 0.05) is 38.8 Å². The third-order valence-electron chi connectivity index (χ3n) is 5.25. The fourth-order valence-corrected chi connectivity index (χ4v) is 3.50. The number of nitrogens with zero attached hydrogens (tertiary/aromatic N) is 1. The molecule has 1 atom stereocenters. The van der Waals surface area contributed by atoms with Crippen LogP contribution in [0.25, 0.3) is 10.8 Å². The lowest BCUT2D eigenvalue weighted by atomic mass is 9.84. The van der Waals surface area contributed by atoms with Crippen LogP contribution in [0, 0.1) is 5.41 Å². The van der Waals surface area contributed by atoms with Crippen LogP contribution in [0.4, 0.5) is 0 Å². The molecule has 1 unspecified atom stereocenters. The molecule has 0 amide bonds. The Morgan fingerprint density at radius 2 is 2.00 bits per heavy atom. The van der Waals surface area contributed by atoms with Gasteiger partial charge in [-0.3, -0.25) is 4.99 Å². The number of aliphatic imine (C=N–C) groups is 1. The molecule has 3 rings (SSSR count). The van der Waals surface area contributed by atoms with E-state index in [4.69, 9.17) is 9.47 Å². The highest BCUT2D eigenvalue weighted by molar-refractivity contribution is 14.0. The van der Waals surface area contributed by atoms with Crippen molar-refractivity contribution < 1.29 is 14.6 Å². The van der Waals surface area contributed by atoms with Crippen molar-refractivity contribution in [3.8, 4) is 5.75 Å². The summed E-state index contributed by atoms with van der Waals surface area (Å²) in [7, 11) is 3.45. The number of hydrogen-bond donors (Lipinski definition) is 3. The molecule has 0 bridgehead atoms. The molecule has 1 fully saturated rings. The molecule has 3 N–H and O–H groups in total. The van der Waals surface area contributed by atoms with Crippen molar-refractivity contribution in [2.45, 2.75) is 19.4 Å². The summed E-state index contributed by atoms with van der Waals surface area (Å²) in [6.07, 6.45) is 1.71. The summed E-state index contributed by atoms with van der Waals surface area (Å²) in [5.74, 6) is 1.62. The lowest BCUT2D eigenvalue weighted by Gasteiger charge is -2.27. The molecule has 0 radical (unpaired) electrons. The van der Waals surface area contributed by atoms with Crippen molar-refractivity contribution >= 4 is 40.7 Å². The summed E-state index contributed by atoms with van der Waals surface area (Å²) in [5, 5.41) is 18.5. The van der Waals surface area contributed by atoms with Gasteiger partial charge in [-0.1, -0.05) is 18.2 Å². The summed E-state index contributed by atoms with van der Waals surface area (Å²) in [6.45, 7) is 3.05. The average molecular weight is 499 g/mol. The Labute approximate surface area is 183 Å². The third-order valence-corrected chi connectivity index (χ3v) is 5.25. The van der Waals surface area contributed by atoms with Crippen LogP contribution in [-0.2, 0) is 11.3 Å². The van der Waals surface area contributed by atoms with E-state index in [1.165, 1.54) is 10.9 Å². The second kappa shape index (κ2) is 10.8. The van der Waals surface area contributed by atoms with E-state index in [1.54, 1.807) is 14.2 Å². The predicted molar refractivity (Wildman–Crippen MR) is 124 cm³/mol. The van der Waals surface area contributed by atoms with E-state index in [1.807, 2.05) is 12.1 Å². The molecule has 1 heterocycles. The van der Waals surface area contributed by atoms with E-state index in [9.17, 15) is 5.11 Å². The monoisotopic (exact) mass is 499 g/mol. The van der Waals surface area contributed by atoms with Crippen LogP contribution in [0.3, 0.4) is 0 Å². The number of hydrogen-bond acceptors (Lipinski definition) is 4. The van der Waals surface area contributed by atoms with Crippen LogP contribution in [0.15, 0.2) is 41.4 Å². The molecule has 2 aromatic carbocycles. The summed E-state index contributed by atoms with van der Waals surface area (Å²) < 4.78 is 10.8. The molecule has 7 heteroatoms. The number of aliphatic hydroxyl groups is 1. The average Bonchev–Trinajstić information content (AvgIpc) is 3.16. The maximum Gasteiger partial charge on any atom is 0.191 e. The number of fused-ring (bicyclic) bond motifs is 1. The number of aliphatic hydroxyl groups excluding tert-OH is 1. The van der Waals surface area contributed by atoms with Crippen molar-refractivity contribution in [1.82, 2.24) is 10.6 Å². The Kier molecular flexibility index (Phi) is 8.78. The second-order valence-corrected chi connectivity index (χ2v) is 7.10. The minimum absolute atomic E-state index is 0. The van der Waals surface area contributed by atoms with Gasteiger partial charge < -0.3 is 25.2 Å². The number of rotatable bonds is 7. The highest BCUT2D eigenvalue weighted by Gasteiger charge is 2.34. The maximum atomic E-state index is 9.35. The van der Waals surface area contributed by atoms with Crippen molar-refractivity contribution in [1.29, 1.82) is 0 Å². The lowest BCUT2D eigenvalue weighted by molar-refractivity contribution is 0.127. The maximum absolute atomic E-state index is 9.35. The number of methoxy groups -OCH3 is 1. The topological polar surface area (TPSA) is 75.1 Å². The van der Waals surface area contributed by atoms with Crippen LogP contribution in [0.1, 0.15) is 18.4 Å². The van der Waals surface area contributed by atoms with Gasteiger partial charge in [-0.2, -0.15) is 0 Å². The molecule has 28 heavy (non-hydrogen) atoms. The van der Waals surface area contributed by atoms with Crippen molar-refractivity contribution in [2.75, 3.05) is 40.5 Å². The van der Waals surface area contributed by atoms with Gasteiger partial charge in [-0.15, -0.1) is 24.0 Å². The predicted octanol–water partition coefficient (Wildman–Crippen LogP) is 2.92. The van der Waals surface area contributed by atoms with Gasteiger partial charge in [0.2, 0.25) is 0 Å². The minimum Gasteiger partial charge on any atom is -0.497 e. The number of nitrogens with one attached hydrogen (secondary N) is 2. The van der Waals surface area contributed by atoms with Crippen molar-refractivity contribution in [3.63, 3.8) is 0 Å². The SMILES string of the molecule is CN=C(NCc1ccc2cc(OC)ccc2c1)NCC1(CCO)CCOC1.I. The minimum atomic E-state index is -0.00558. The van der Waals surface area contributed by atoms with E-state index in [2.05, 4.69) is 39.9 Å². The molecule has 0 aliphatic carbocycles. The largest absolute Gasteiger partial charge is 0.497 e. The lowest BCUT2D eigenvalue weighted by Crippen LogP contribution is -2.44. The molecule has 6 nitrogen and oxygen atoms in total. The van der Waals surface area contributed by atoms with Crippen LogP contribution in [-0.4, -0.2) is 51.6 Å². The van der Waals surface area contributed by atoms with Gasteiger partial charge in [-0.05, 0) is 47.4 Å². The zero-order chi connectivity index (χ0) is 19.1. The Balaban J connectivity index is 0.00000280. The molecule has 0 saturated carbocycles. The molecule has 154 valence electrons. The molecule has 1 aliphatic rings. The number of ether oxygens (including phenoxy) is 2. The summed E-state index contributed by atoms with van der Waals surface area (Å²) in [5.41, 5.74) is 1.18. The van der Waals surface area contributed by atoms with Crippen LogP contribution in [0.2, 0.25) is 0 Å². The van der Waals surface area contributed by atoms with Crippen LogP contribution >= 0.6 is 24.0 Å². The van der Waals surface area contributed by atoms with Crippen LogP contribution < -0.4 is 15.4 Å². The summed E-state index contributed by atoms with van der Waals surface area (Å²) in [6, 6.07) is 12.5. The van der Waals surface area contributed by atoms with E-state index < -0.39 is 0 Å². The molecule has 0 aromatic heterocycles. The Hall–Kier alpha value is -1.58. The first-order chi connectivity index (χ1) is 13.2. The summed E-state index contributed by atoms with van der Waals surface area (Å²) in [4.78, 5) is 4.31. The number of guanidine groups is 1. The number of benzene rings is 2. The highest BCUT2D eigenvalue weighted by atomic mass is 127. The van der Waals surface area contributed by atoms with Gasteiger partial charge in [-0.25, -0.2) is 0 Å². The first-order valence-electron chi connectivity index (χ1n) is 9.38. The fraction of sp³-hybridized carbons (Fsp3) is 0.476. The van der Waals surface area contributed by atoms with E-state index in [-0.39, 0.29) is 36.0 Å². The quantitative estimate of drug-likeness (QED) is 0.311. The standard InChI is InChI=1S/C21H29N3O3.HI/c1-22-20(24-14-21(7-9-25)8-10-27-15-21)23-13-16-3-4-18-12-19(26-2)6-5-17(18)11-16;/h3-6,11-12,25H,7-10,13-15H2,1-2H3,(H2,22,23,24);1H. The summed E-state index contributed by atoms with van der Waals surface area (Å²) >= 11 is 0. The van der Waals surface area contributed by atoms with Gasteiger partial charge in [0.15, 0.2) is 5.96 Å². The first kappa shape index (κ1) is 22.7. The van der Waals surface area contributed by atoms with Crippen molar-refractivity contribution in [3.05, 3.63) is 42.0 Å². The van der Waals surface area contributed by atoms with Gasteiger partial charge in [0.1, 0.15) is 5.75 Å². The van der Waals surface area contributed by atoms with Crippen LogP contribution in [0.5, 0.6) is 5.75 Å². The molecular weight excluding hydrogens is 469 g/mol. The van der Waals surface area contributed by atoms with E-state index in [0.29, 0.717) is 13.2 Å². The molecule has 0 spiro atoms. The first-order valence-corrected chi connectivity index (χ1v) is 9.38. The fourth-order valence-electron chi connectivity index (χ4n) is 3.50. The smallest absolute Gasteiger partial charge is 0.191 e. The van der Waals surface area contributed by atoms with E-state index >= 15 is 0 Å². The molecule has 2 aromatic rings. The Morgan fingerprint density at radius 1 is 1.21 bits per heavy atom. The second-order valence-electron chi connectivity index (χ2n) is 7.10. The third kappa shape index (κ3) is 5.71. The zero-order valence-corrected chi connectivity index (χ0v) is 18.9. The molecule has 1 aliphatic heterocycles.